The number of para-hydroxylation sites is 1. The third kappa shape index (κ3) is 2.74. The molecule has 4 heteroatoms. The van der Waals surface area contributed by atoms with E-state index in [1.54, 1.807) is 19.1 Å². The SMILES string of the molecule is C=C(C)COc1c(N)cccc1C(=O)O. The summed E-state index contributed by atoms with van der Waals surface area (Å²) in [6.07, 6.45) is 0. The normalized spacial score (nSPS) is 9.67. The summed E-state index contributed by atoms with van der Waals surface area (Å²) in [6.45, 7) is 5.71. The summed E-state index contributed by atoms with van der Waals surface area (Å²) in [5, 5.41) is 8.90. The van der Waals surface area contributed by atoms with Crippen molar-refractivity contribution in [1.82, 2.24) is 0 Å². The molecule has 0 saturated heterocycles. The van der Waals surface area contributed by atoms with Gasteiger partial charge >= 0.3 is 5.97 Å². The van der Waals surface area contributed by atoms with Gasteiger partial charge in [-0.25, -0.2) is 4.79 Å². The molecule has 0 aliphatic carbocycles. The van der Waals surface area contributed by atoms with Crippen LogP contribution < -0.4 is 10.5 Å². The summed E-state index contributed by atoms with van der Waals surface area (Å²) in [5.41, 5.74) is 6.81. The number of carboxylic acid groups (broad SMARTS) is 1. The molecule has 0 aromatic heterocycles. The molecule has 0 heterocycles. The number of nitrogens with two attached hydrogens (primary N) is 1. The molecule has 1 rings (SSSR count). The van der Waals surface area contributed by atoms with Crippen molar-refractivity contribution in [3.05, 3.63) is 35.9 Å². The van der Waals surface area contributed by atoms with Gasteiger partial charge in [0.05, 0.1) is 5.69 Å². The van der Waals surface area contributed by atoms with E-state index >= 15 is 0 Å². The number of benzene rings is 1. The highest BCUT2D eigenvalue weighted by Crippen LogP contribution is 2.26. The van der Waals surface area contributed by atoms with Crippen molar-refractivity contribution in [2.75, 3.05) is 12.3 Å². The summed E-state index contributed by atoms with van der Waals surface area (Å²) >= 11 is 0. The van der Waals surface area contributed by atoms with E-state index in [2.05, 4.69) is 6.58 Å². The smallest absolute Gasteiger partial charge is 0.339 e. The van der Waals surface area contributed by atoms with Crippen LogP contribution in [0.15, 0.2) is 30.4 Å². The number of rotatable bonds is 4. The summed E-state index contributed by atoms with van der Waals surface area (Å²) in [6, 6.07) is 4.62. The van der Waals surface area contributed by atoms with Gasteiger partial charge in [-0.2, -0.15) is 0 Å². The maximum atomic E-state index is 10.9. The van der Waals surface area contributed by atoms with Gasteiger partial charge in [0.15, 0.2) is 5.75 Å². The number of hydrogen-bond acceptors (Lipinski definition) is 3. The van der Waals surface area contributed by atoms with Crippen LogP contribution in [0.2, 0.25) is 0 Å². The third-order valence-corrected chi connectivity index (χ3v) is 1.74. The Balaban J connectivity index is 3.02. The molecular weight excluding hydrogens is 194 g/mol. The van der Waals surface area contributed by atoms with Gasteiger partial charge in [0.25, 0.3) is 0 Å². The first-order valence-corrected chi connectivity index (χ1v) is 4.41. The molecule has 1 aromatic carbocycles. The lowest BCUT2D eigenvalue weighted by Crippen LogP contribution is -2.07. The fourth-order valence-electron chi connectivity index (χ4n) is 1.08. The number of ether oxygens (including phenoxy) is 1. The van der Waals surface area contributed by atoms with Crippen LogP contribution in [-0.2, 0) is 0 Å². The minimum atomic E-state index is -1.06. The first-order valence-electron chi connectivity index (χ1n) is 4.41. The zero-order valence-corrected chi connectivity index (χ0v) is 8.49. The maximum absolute atomic E-state index is 10.9. The van der Waals surface area contributed by atoms with Gasteiger partial charge in [0, 0.05) is 0 Å². The first kappa shape index (κ1) is 11.1. The number of hydrogen-bond donors (Lipinski definition) is 2. The average Bonchev–Trinajstić information content (AvgIpc) is 2.15. The predicted molar refractivity (Wildman–Crippen MR) is 58.1 cm³/mol. The second kappa shape index (κ2) is 4.50. The zero-order chi connectivity index (χ0) is 11.4. The van der Waals surface area contributed by atoms with Crippen molar-refractivity contribution in [3.8, 4) is 5.75 Å². The quantitative estimate of drug-likeness (QED) is 0.584. The summed E-state index contributed by atoms with van der Waals surface area (Å²) in [7, 11) is 0. The maximum Gasteiger partial charge on any atom is 0.339 e. The molecule has 80 valence electrons. The Morgan fingerprint density at radius 3 is 2.80 bits per heavy atom. The molecule has 0 spiro atoms. The second-order valence-corrected chi connectivity index (χ2v) is 3.27. The highest BCUT2D eigenvalue weighted by atomic mass is 16.5. The van der Waals surface area contributed by atoms with E-state index in [1.165, 1.54) is 6.07 Å². The summed E-state index contributed by atoms with van der Waals surface area (Å²) < 4.78 is 5.29. The Labute approximate surface area is 88.0 Å². The number of carboxylic acids is 1. The number of anilines is 1. The molecular formula is C11H13NO3. The fraction of sp³-hybridized carbons (Fsp3) is 0.182. The van der Waals surface area contributed by atoms with E-state index in [9.17, 15) is 4.79 Å². The van der Waals surface area contributed by atoms with E-state index in [-0.39, 0.29) is 17.9 Å². The van der Waals surface area contributed by atoms with E-state index < -0.39 is 5.97 Å². The molecule has 0 aliphatic heterocycles. The summed E-state index contributed by atoms with van der Waals surface area (Å²) in [5.74, 6) is -0.855. The van der Waals surface area contributed by atoms with Crippen molar-refractivity contribution in [1.29, 1.82) is 0 Å². The monoisotopic (exact) mass is 207 g/mol. The van der Waals surface area contributed by atoms with Crippen molar-refractivity contribution < 1.29 is 14.6 Å². The number of aromatic carboxylic acids is 1. The minimum Gasteiger partial charge on any atom is -0.486 e. The van der Waals surface area contributed by atoms with Crippen LogP contribution >= 0.6 is 0 Å². The second-order valence-electron chi connectivity index (χ2n) is 3.27. The average molecular weight is 207 g/mol. The molecule has 0 atom stereocenters. The van der Waals surface area contributed by atoms with Crippen LogP contribution in [0.1, 0.15) is 17.3 Å². The van der Waals surface area contributed by atoms with Gasteiger partial charge in [-0.1, -0.05) is 12.6 Å². The van der Waals surface area contributed by atoms with Gasteiger partial charge < -0.3 is 15.6 Å². The molecule has 0 aliphatic rings. The van der Waals surface area contributed by atoms with Gasteiger partial charge in [0.2, 0.25) is 0 Å². The molecule has 0 saturated carbocycles. The van der Waals surface area contributed by atoms with E-state index in [0.717, 1.165) is 5.57 Å². The number of carbonyl (C=O) groups is 1. The Bertz CT molecular complexity index is 399. The van der Waals surface area contributed by atoms with Crippen LogP contribution in [0.5, 0.6) is 5.75 Å². The van der Waals surface area contributed by atoms with Gasteiger partial charge in [-0.3, -0.25) is 0 Å². The van der Waals surface area contributed by atoms with Gasteiger partial charge in [-0.15, -0.1) is 0 Å². The first-order chi connectivity index (χ1) is 7.02. The van der Waals surface area contributed by atoms with Gasteiger partial charge in [0.1, 0.15) is 12.2 Å². The van der Waals surface area contributed by atoms with Crippen LogP contribution in [-0.4, -0.2) is 17.7 Å². The topological polar surface area (TPSA) is 72.5 Å². The van der Waals surface area contributed by atoms with Crippen molar-refractivity contribution in [3.63, 3.8) is 0 Å². The molecule has 0 fully saturated rings. The standard InChI is InChI=1S/C11H13NO3/c1-7(2)6-15-10-8(11(13)14)4-3-5-9(10)12/h3-5H,1,6,12H2,2H3,(H,13,14). The van der Waals surface area contributed by atoms with Crippen molar-refractivity contribution in [2.45, 2.75) is 6.92 Å². The highest BCUT2D eigenvalue weighted by molar-refractivity contribution is 5.93. The minimum absolute atomic E-state index is 0.0660. The van der Waals surface area contributed by atoms with E-state index in [4.69, 9.17) is 15.6 Å². The van der Waals surface area contributed by atoms with Crippen LogP contribution in [0, 0.1) is 0 Å². The fourth-order valence-corrected chi connectivity index (χ4v) is 1.08. The van der Waals surface area contributed by atoms with Crippen LogP contribution in [0.3, 0.4) is 0 Å². The van der Waals surface area contributed by atoms with Crippen molar-refractivity contribution >= 4 is 11.7 Å². The highest BCUT2D eigenvalue weighted by Gasteiger charge is 2.13. The lowest BCUT2D eigenvalue weighted by atomic mass is 10.2. The number of nitrogen functional groups attached to an aromatic ring is 1. The summed E-state index contributed by atoms with van der Waals surface area (Å²) in [4.78, 5) is 10.9. The van der Waals surface area contributed by atoms with Crippen molar-refractivity contribution in [2.24, 2.45) is 0 Å². The van der Waals surface area contributed by atoms with E-state index in [0.29, 0.717) is 5.69 Å². The Morgan fingerprint density at radius 1 is 1.60 bits per heavy atom. The van der Waals surface area contributed by atoms with Crippen LogP contribution in [0.25, 0.3) is 0 Å². The molecule has 15 heavy (non-hydrogen) atoms. The van der Waals surface area contributed by atoms with Gasteiger partial charge in [-0.05, 0) is 24.6 Å². The Kier molecular flexibility index (Phi) is 3.33. The Morgan fingerprint density at radius 2 is 2.27 bits per heavy atom. The lowest BCUT2D eigenvalue weighted by Gasteiger charge is -2.11. The third-order valence-electron chi connectivity index (χ3n) is 1.74. The lowest BCUT2D eigenvalue weighted by molar-refractivity contribution is 0.0693. The molecule has 1 aromatic rings. The van der Waals surface area contributed by atoms with Crippen LogP contribution in [0.4, 0.5) is 5.69 Å². The molecule has 0 amide bonds. The largest absolute Gasteiger partial charge is 0.486 e. The molecule has 3 N–H and O–H groups in total. The molecule has 0 radical (unpaired) electrons. The zero-order valence-electron chi connectivity index (χ0n) is 8.49. The molecule has 0 bridgehead atoms. The van der Waals surface area contributed by atoms with E-state index in [1.807, 2.05) is 0 Å². The molecule has 4 nitrogen and oxygen atoms in total. The Hall–Kier alpha value is -1.97. The molecule has 0 unspecified atom stereocenters. The predicted octanol–water partition coefficient (Wildman–Crippen LogP) is 1.92.